The van der Waals surface area contributed by atoms with Crippen LogP contribution in [0, 0.1) is 0 Å². The van der Waals surface area contributed by atoms with Crippen molar-refractivity contribution in [3.8, 4) is 0 Å². The molecular weight excluding hydrogens is 317 g/mol. The van der Waals surface area contributed by atoms with Crippen LogP contribution in [0.2, 0.25) is 0 Å². The number of hydrogen-bond acceptors (Lipinski definition) is 3. The molecule has 0 spiro atoms. The number of esters is 1. The Kier molecular flexibility index (Phi) is 4.17. The summed E-state index contributed by atoms with van der Waals surface area (Å²) in [5.41, 5.74) is 1.04. The zero-order valence-electron chi connectivity index (χ0n) is 8.93. The number of carbonyl (C=O) groups excluding carboxylic acids is 1. The highest BCUT2D eigenvalue weighted by molar-refractivity contribution is 14.1. The standard InChI is InChI=1S/C12H14INO2/c13-14-8-4-7-11(14)12(15)16-9-10-5-2-1-3-6-10/h1-3,5-6,11H,4,7-9H2. The molecule has 1 aliphatic rings. The van der Waals surface area contributed by atoms with Crippen molar-refractivity contribution in [2.75, 3.05) is 6.54 Å². The Balaban J connectivity index is 1.84. The third-order valence-electron chi connectivity index (χ3n) is 2.68. The Morgan fingerprint density at radius 1 is 1.44 bits per heavy atom. The van der Waals surface area contributed by atoms with Crippen molar-refractivity contribution in [2.24, 2.45) is 0 Å². The lowest BCUT2D eigenvalue weighted by Crippen LogP contribution is -2.30. The SMILES string of the molecule is O=C(OCc1ccccc1)C1CCCN1I. The third kappa shape index (κ3) is 2.95. The molecule has 0 bridgehead atoms. The molecule has 0 aliphatic carbocycles. The van der Waals surface area contributed by atoms with Crippen LogP contribution in [0.25, 0.3) is 0 Å². The Bertz CT molecular complexity index is 355. The summed E-state index contributed by atoms with van der Waals surface area (Å²) in [6, 6.07) is 9.72. The van der Waals surface area contributed by atoms with Gasteiger partial charge in [-0.15, -0.1) is 0 Å². The number of benzene rings is 1. The van der Waals surface area contributed by atoms with Gasteiger partial charge in [0.2, 0.25) is 0 Å². The minimum absolute atomic E-state index is 0.0516. The molecule has 1 aliphatic heterocycles. The maximum absolute atomic E-state index is 11.8. The average molecular weight is 331 g/mol. The first kappa shape index (κ1) is 11.9. The number of halogens is 1. The van der Waals surface area contributed by atoms with E-state index >= 15 is 0 Å². The molecule has 2 rings (SSSR count). The second-order valence-electron chi connectivity index (χ2n) is 3.87. The molecule has 1 aromatic rings. The largest absolute Gasteiger partial charge is 0.460 e. The first-order valence-corrected chi connectivity index (χ1v) is 6.37. The fourth-order valence-corrected chi connectivity index (χ4v) is 2.64. The molecule has 0 amide bonds. The first-order chi connectivity index (χ1) is 7.77. The summed E-state index contributed by atoms with van der Waals surface area (Å²) in [4.78, 5) is 11.8. The average Bonchev–Trinajstić information content (AvgIpc) is 2.74. The van der Waals surface area contributed by atoms with Crippen molar-refractivity contribution < 1.29 is 9.53 Å². The molecule has 1 aromatic carbocycles. The maximum atomic E-state index is 11.8. The summed E-state index contributed by atoms with van der Waals surface area (Å²) >= 11 is 2.20. The third-order valence-corrected chi connectivity index (χ3v) is 3.84. The second-order valence-corrected chi connectivity index (χ2v) is 5.11. The summed E-state index contributed by atoms with van der Waals surface area (Å²) < 4.78 is 7.33. The van der Waals surface area contributed by atoms with Gasteiger partial charge in [-0.25, -0.2) is 3.11 Å². The Morgan fingerprint density at radius 2 is 2.19 bits per heavy atom. The predicted molar refractivity (Wildman–Crippen MR) is 70.0 cm³/mol. The molecule has 0 aromatic heterocycles. The quantitative estimate of drug-likeness (QED) is 0.484. The molecule has 1 fully saturated rings. The van der Waals surface area contributed by atoms with Gasteiger partial charge in [0.15, 0.2) is 0 Å². The van der Waals surface area contributed by atoms with E-state index in [0.29, 0.717) is 6.61 Å². The van der Waals surface area contributed by atoms with E-state index in [1.807, 2.05) is 33.4 Å². The van der Waals surface area contributed by atoms with Crippen LogP contribution < -0.4 is 0 Å². The van der Waals surface area contributed by atoms with Gasteiger partial charge in [0, 0.05) is 29.4 Å². The lowest BCUT2D eigenvalue weighted by molar-refractivity contribution is -0.148. The van der Waals surface area contributed by atoms with E-state index in [1.165, 1.54) is 0 Å². The lowest BCUT2D eigenvalue weighted by Gasteiger charge is -2.15. The van der Waals surface area contributed by atoms with Crippen molar-refractivity contribution in [1.82, 2.24) is 3.11 Å². The number of ether oxygens (including phenoxy) is 1. The van der Waals surface area contributed by atoms with Gasteiger partial charge in [0.05, 0.1) is 0 Å². The molecule has 0 radical (unpaired) electrons. The number of hydrogen-bond donors (Lipinski definition) is 0. The van der Waals surface area contributed by atoms with E-state index in [2.05, 4.69) is 22.9 Å². The van der Waals surface area contributed by atoms with Gasteiger partial charge in [0.1, 0.15) is 12.6 Å². The van der Waals surface area contributed by atoms with E-state index in [-0.39, 0.29) is 12.0 Å². The van der Waals surface area contributed by atoms with Crippen LogP contribution >= 0.6 is 22.9 Å². The molecule has 3 nitrogen and oxygen atoms in total. The molecule has 1 unspecified atom stereocenters. The molecule has 1 saturated heterocycles. The van der Waals surface area contributed by atoms with Crippen molar-refractivity contribution in [1.29, 1.82) is 0 Å². The van der Waals surface area contributed by atoms with Crippen molar-refractivity contribution in [2.45, 2.75) is 25.5 Å². The van der Waals surface area contributed by atoms with E-state index in [9.17, 15) is 4.79 Å². The molecular formula is C12H14INO2. The van der Waals surface area contributed by atoms with E-state index in [0.717, 1.165) is 24.9 Å². The minimum atomic E-state index is -0.101. The van der Waals surface area contributed by atoms with Gasteiger partial charge >= 0.3 is 5.97 Å². The van der Waals surface area contributed by atoms with Gasteiger partial charge < -0.3 is 4.74 Å². The summed E-state index contributed by atoms with van der Waals surface area (Å²) in [5.74, 6) is -0.101. The molecule has 0 N–H and O–H groups in total. The zero-order valence-corrected chi connectivity index (χ0v) is 11.1. The molecule has 1 atom stereocenters. The van der Waals surface area contributed by atoms with E-state index < -0.39 is 0 Å². The van der Waals surface area contributed by atoms with Crippen LogP contribution in [0.3, 0.4) is 0 Å². The van der Waals surface area contributed by atoms with Crippen molar-refractivity contribution >= 4 is 28.8 Å². The Labute approximate surface area is 109 Å². The highest BCUT2D eigenvalue weighted by Crippen LogP contribution is 2.22. The highest BCUT2D eigenvalue weighted by atomic mass is 127. The van der Waals surface area contributed by atoms with Gasteiger partial charge in [-0.1, -0.05) is 30.3 Å². The van der Waals surface area contributed by atoms with Crippen LogP contribution in [-0.2, 0) is 16.1 Å². The number of rotatable bonds is 3. The number of carbonyl (C=O) groups is 1. The van der Waals surface area contributed by atoms with Crippen LogP contribution in [0.1, 0.15) is 18.4 Å². The first-order valence-electron chi connectivity index (χ1n) is 5.40. The Morgan fingerprint density at radius 3 is 2.81 bits per heavy atom. The van der Waals surface area contributed by atoms with Crippen molar-refractivity contribution in [3.05, 3.63) is 35.9 Å². The van der Waals surface area contributed by atoms with Gasteiger partial charge in [0.25, 0.3) is 0 Å². The summed E-state index contributed by atoms with van der Waals surface area (Å²) in [6.45, 7) is 1.35. The maximum Gasteiger partial charge on any atom is 0.324 e. The minimum Gasteiger partial charge on any atom is -0.460 e. The number of nitrogens with zero attached hydrogens (tertiary/aromatic N) is 1. The zero-order chi connectivity index (χ0) is 11.4. The van der Waals surface area contributed by atoms with Gasteiger partial charge in [-0.05, 0) is 18.4 Å². The summed E-state index contributed by atoms with van der Waals surface area (Å²) in [5, 5.41) is 0. The van der Waals surface area contributed by atoms with Crippen LogP contribution in [0.5, 0.6) is 0 Å². The molecule has 16 heavy (non-hydrogen) atoms. The van der Waals surface area contributed by atoms with E-state index in [1.54, 1.807) is 0 Å². The fraction of sp³-hybridized carbons (Fsp3) is 0.417. The summed E-state index contributed by atoms with van der Waals surface area (Å²) in [7, 11) is 0. The fourth-order valence-electron chi connectivity index (χ4n) is 1.79. The van der Waals surface area contributed by atoms with Crippen molar-refractivity contribution in [3.63, 3.8) is 0 Å². The summed E-state index contributed by atoms with van der Waals surface area (Å²) in [6.07, 6.45) is 1.99. The van der Waals surface area contributed by atoms with Gasteiger partial charge in [-0.2, -0.15) is 0 Å². The highest BCUT2D eigenvalue weighted by Gasteiger charge is 2.30. The predicted octanol–water partition coefficient (Wildman–Crippen LogP) is 2.54. The molecule has 1 heterocycles. The van der Waals surface area contributed by atoms with Crippen LogP contribution in [-0.4, -0.2) is 21.7 Å². The molecule has 86 valence electrons. The Hall–Kier alpha value is -0.620. The molecule has 0 saturated carbocycles. The lowest BCUT2D eigenvalue weighted by atomic mass is 10.2. The smallest absolute Gasteiger partial charge is 0.324 e. The second kappa shape index (κ2) is 5.63. The van der Waals surface area contributed by atoms with Crippen LogP contribution in [0.4, 0.5) is 0 Å². The topological polar surface area (TPSA) is 29.5 Å². The van der Waals surface area contributed by atoms with Crippen LogP contribution in [0.15, 0.2) is 30.3 Å². The van der Waals surface area contributed by atoms with E-state index in [4.69, 9.17) is 4.74 Å². The molecule has 4 heteroatoms. The normalized spacial score (nSPS) is 20.9. The van der Waals surface area contributed by atoms with Gasteiger partial charge in [-0.3, -0.25) is 4.79 Å². The monoisotopic (exact) mass is 331 g/mol.